The van der Waals surface area contributed by atoms with Gasteiger partial charge in [-0.15, -0.1) is 11.6 Å². The first-order chi connectivity index (χ1) is 6.77. The average Bonchev–Trinajstić information content (AvgIpc) is 2.69. The van der Waals surface area contributed by atoms with Crippen LogP contribution < -0.4 is 5.32 Å². The molecule has 2 nitrogen and oxygen atoms in total. The van der Waals surface area contributed by atoms with E-state index >= 15 is 0 Å². The number of hydrogen-bond acceptors (Lipinski definition) is 2. The molecule has 1 rings (SSSR count). The molecule has 78 valence electrons. The van der Waals surface area contributed by atoms with Gasteiger partial charge < -0.3 is 5.32 Å². The lowest BCUT2D eigenvalue weighted by Gasteiger charge is -2.14. The maximum Gasteiger partial charge on any atom is 0.252 e. The van der Waals surface area contributed by atoms with Crippen molar-refractivity contribution in [1.29, 1.82) is 0 Å². The van der Waals surface area contributed by atoms with Crippen LogP contribution in [0, 0.1) is 0 Å². The molecule has 0 spiro atoms. The summed E-state index contributed by atoms with van der Waals surface area (Å²) >= 11 is 7.16. The monoisotopic (exact) mass is 231 g/mol. The van der Waals surface area contributed by atoms with Crippen LogP contribution in [0.4, 0.5) is 0 Å². The number of halogens is 1. The molecule has 0 aliphatic heterocycles. The minimum absolute atomic E-state index is 0.00298. The van der Waals surface area contributed by atoms with Crippen molar-refractivity contribution in [2.24, 2.45) is 0 Å². The second-order valence-corrected chi connectivity index (χ2v) is 4.23. The van der Waals surface area contributed by atoms with Crippen LogP contribution >= 0.6 is 22.9 Å². The highest BCUT2D eigenvalue weighted by Crippen LogP contribution is 2.07. The van der Waals surface area contributed by atoms with E-state index in [0.29, 0.717) is 5.88 Å². The summed E-state index contributed by atoms with van der Waals surface area (Å²) in [6.45, 7) is 2.05. The maximum atomic E-state index is 11.6. The molecule has 14 heavy (non-hydrogen) atoms. The molecule has 1 atom stereocenters. The van der Waals surface area contributed by atoms with Gasteiger partial charge in [0.1, 0.15) is 0 Å². The molecule has 0 saturated carbocycles. The van der Waals surface area contributed by atoms with Gasteiger partial charge in [0.05, 0.1) is 0 Å². The van der Waals surface area contributed by atoms with Crippen molar-refractivity contribution in [3.05, 3.63) is 22.4 Å². The fraction of sp³-hybridized carbons (Fsp3) is 0.500. The molecule has 0 aliphatic rings. The van der Waals surface area contributed by atoms with Crippen molar-refractivity contribution in [2.75, 3.05) is 5.88 Å². The van der Waals surface area contributed by atoms with Gasteiger partial charge in [-0.05, 0) is 24.3 Å². The number of nitrogens with one attached hydrogen (secondary N) is 1. The first-order valence-electron chi connectivity index (χ1n) is 4.67. The Morgan fingerprint density at radius 1 is 1.71 bits per heavy atom. The summed E-state index contributed by atoms with van der Waals surface area (Å²) in [7, 11) is 0. The van der Waals surface area contributed by atoms with Crippen molar-refractivity contribution in [3.8, 4) is 0 Å². The van der Waals surface area contributed by atoms with E-state index in [1.165, 1.54) is 11.3 Å². The van der Waals surface area contributed by atoms with Crippen LogP contribution in [0.2, 0.25) is 0 Å². The molecule has 0 saturated heterocycles. The van der Waals surface area contributed by atoms with Gasteiger partial charge in [0.15, 0.2) is 0 Å². The number of carbonyl (C=O) groups is 1. The van der Waals surface area contributed by atoms with Gasteiger partial charge in [0.25, 0.3) is 5.91 Å². The fourth-order valence-electron chi connectivity index (χ4n) is 1.17. The van der Waals surface area contributed by atoms with E-state index in [-0.39, 0.29) is 11.9 Å². The molecule has 0 fully saturated rings. The van der Waals surface area contributed by atoms with Crippen LogP contribution in [0.15, 0.2) is 16.8 Å². The largest absolute Gasteiger partial charge is 0.349 e. The highest BCUT2D eigenvalue weighted by Gasteiger charge is 2.11. The van der Waals surface area contributed by atoms with Gasteiger partial charge in [-0.3, -0.25) is 4.79 Å². The lowest BCUT2D eigenvalue weighted by Crippen LogP contribution is -2.34. The van der Waals surface area contributed by atoms with Crippen molar-refractivity contribution in [3.63, 3.8) is 0 Å². The molecule has 1 aromatic rings. The van der Waals surface area contributed by atoms with E-state index in [1.807, 2.05) is 23.8 Å². The standard InChI is InChI=1S/C10H14ClNOS/c1-2-9(3-5-11)12-10(13)8-4-6-14-7-8/h4,6-7,9H,2-3,5H2,1H3,(H,12,13). The number of thiophene rings is 1. The van der Waals surface area contributed by atoms with E-state index in [1.54, 1.807) is 0 Å². The third kappa shape index (κ3) is 3.31. The van der Waals surface area contributed by atoms with Gasteiger partial charge in [-0.25, -0.2) is 0 Å². The lowest BCUT2D eigenvalue weighted by molar-refractivity contribution is 0.0935. The van der Waals surface area contributed by atoms with Gasteiger partial charge >= 0.3 is 0 Å². The van der Waals surface area contributed by atoms with Gasteiger partial charge in [0, 0.05) is 22.9 Å². The fourth-order valence-corrected chi connectivity index (χ4v) is 2.07. The van der Waals surface area contributed by atoms with Crippen LogP contribution in [0.1, 0.15) is 30.1 Å². The highest BCUT2D eigenvalue weighted by atomic mass is 35.5. The zero-order valence-electron chi connectivity index (χ0n) is 8.13. The van der Waals surface area contributed by atoms with Crippen molar-refractivity contribution in [1.82, 2.24) is 5.32 Å². The van der Waals surface area contributed by atoms with E-state index in [4.69, 9.17) is 11.6 Å². The Morgan fingerprint density at radius 3 is 3.00 bits per heavy atom. The Morgan fingerprint density at radius 2 is 2.50 bits per heavy atom. The Balaban J connectivity index is 2.47. The molecule has 1 unspecified atom stereocenters. The first-order valence-corrected chi connectivity index (χ1v) is 6.14. The predicted octanol–water partition coefficient (Wildman–Crippen LogP) is 2.89. The summed E-state index contributed by atoms with van der Waals surface area (Å²) in [5.74, 6) is 0.589. The number of rotatable bonds is 5. The van der Waals surface area contributed by atoms with E-state index in [0.717, 1.165) is 18.4 Å². The quantitative estimate of drug-likeness (QED) is 0.776. The average molecular weight is 232 g/mol. The smallest absolute Gasteiger partial charge is 0.252 e. The molecule has 1 aromatic heterocycles. The summed E-state index contributed by atoms with van der Waals surface area (Å²) < 4.78 is 0. The highest BCUT2D eigenvalue weighted by molar-refractivity contribution is 7.08. The van der Waals surface area contributed by atoms with Crippen LogP contribution in [0.25, 0.3) is 0 Å². The summed E-state index contributed by atoms with van der Waals surface area (Å²) in [6.07, 6.45) is 1.75. The molecular formula is C10H14ClNOS. The van der Waals surface area contributed by atoms with Crippen molar-refractivity contribution < 1.29 is 4.79 Å². The van der Waals surface area contributed by atoms with Crippen LogP contribution in [-0.2, 0) is 0 Å². The molecule has 1 N–H and O–H groups in total. The summed E-state index contributed by atoms with van der Waals surface area (Å²) in [5, 5.41) is 6.70. The molecule has 0 radical (unpaired) electrons. The van der Waals surface area contributed by atoms with E-state index in [2.05, 4.69) is 5.32 Å². The zero-order valence-corrected chi connectivity index (χ0v) is 9.70. The number of hydrogen-bond donors (Lipinski definition) is 1. The Bertz CT molecular complexity index is 274. The van der Waals surface area contributed by atoms with Gasteiger partial charge in [0.2, 0.25) is 0 Å². The Labute approximate surface area is 93.3 Å². The van der Waals surface area contributed by atoms with Gasteiger partial charge in [-0.1, -0.05) is 6.92 Å². The molecular weight excluding hydrogens is 218 g/mol. The second kappa shape index (κ2) is 6.04. The second-order valence-electron chi connectivity index (χ2n) is 3.07. The SMILES string of the molecule is CCC(CCCl)NC(=O)c1ccsc1. The van der Waals surface area contributed by atoms with Crippen LogP contribution in [0.5, 0.6) is 0 Å². The molecule has 4 heteroatoms. The van der Waals surface area contributed by atoms with E-state index in [9.17, 15) is 4.79 Å². The summed E-state index contributed by atoms with van der Waals surface area (Å²) in [4.78, 5) is 11.6. The van der Waals surface area contributed by atoms with Crippen molar-refractivity contribution >= 4 is 28.8 Å². The Hall–Kier alpha value is -0.540. The maximum absolute atomic E-state index is 11.6. The van der Waals surface area contributed by atoms with Gasteiger partial charge in [-0.2, -0.15) is 11.3 Å². The number of alkyl halides is 1. The number of amides is 1. The van der Waals surface area contributed by atoms with E-state index < -0.39 is 0 Å². The normalized spacial score (nSPS) is 12.4. The minimum Gasteiger partial charge on any atom is -0.349 e. The molecule has 1 heterocycles. The first kappa shape index (κ1) is 11.5. The van der Waals surface area contributed by atoms with Crippen LogP contribution in [0.3, 0.4) is 0 Å². The van der Waals surface area contributed by atoms with Crippen molar-refractivity contribution in [2.45, 2.75) is 25.8 Å². The lowest BCUT2D eigenvalue weighted by atomic mass is 10.1. The summed E-state index contributed by atoms with van der Waals surface area (Å²) in [5.41, 5.74) is 0.739. The summed E-state index contributed by atoms with van der Waals surface area (Å²) in [6, 6.07) is 2.02. The predicted molar refractivity (Wildman–Crippen MR) is 61.2 cm³/mol. The molecule has 0 aromatic carbocycles. The molecule has 0 aliphatic carbocycles. The zero-order chi connectivity index (χ0) is 10.4. The minimum atomic E-state index is 0.00298. The van der Waals surface area contributed by atoms with Crippen LogP contribution in [-0.4, -0.2) is 17.8 Å². The third-order valence-electron chi connectivity index (χ3n) is 2.07. The molecule has 1 amide bonds. The topological polar surface area (TPSA) is 29.1 Å². The number of carbonyl (C=O) groups excluding carboxylic acids is 1. The third-order valence-corrected chi connectivity index (χ3v) is 2.97. The Kier molecular flexibility index (Phi) is 4.98. The molecule has 0 bridgehead atoms.